The maximum Gasteiger partial charge on any atom is 0.272 e. The number of rotatable bonds is 1. The summed E-state index contributed by atoms with van der Waals surface area (Å²) in [6.07, 6.45) is 7.85. The average molecular weight is 244 g/mol. The number of aromatic nitrogens is 1. The van der Waals surface area contributed by atoms with E-state index >= 15 is 0 Å². The predicted octanol–water partition coefficient (Wildman–Crippen LogP) is 2.88. The summed E-state index contributed by atoms with van der Waals surface area (Å²) in [5, 5.41) is 0. The van der Waals surface area contributed by atoms with Gasteiger partial charge in [-0.15, -0.1) is 0 Å². The zero-order valence-corrected chi connectivity index (χ0v) is 10.9. The summed E-state index contributed by atoms with van der Waals surface area (Å²) < 4.78 is 0. The molecule has 3 heteroatoms. The van der Waals surface area contributed by atoms with Gasteiger partial charge in [-0.25, -0.2) is 0 Å². The fourth-order valence-electron chi connectivity index (χ4n) is 3.62. The molecule has 3 nitrogen and oxygen atoms in total. The normalized spacial score (nSPS) is 31.2. The first-order valence-corrected chi connectivity index (χ1v) is 6.93. The zero-order valence-electron chi connectivity index (χ0n) is 10.9. The molecule has 2 heterocycles. The van der Waals surface area contributed by atoms with Gasteiger partial charge in [0.2, 0.25) is 0 Å². The van der Waals surface area contributed by atoms with Crippen LogP contribution >= 0.6 is 0 Å². The van der Waals surface area contributed by atoms with Crippen LogP contribution in [0.2, 0.25) is 0 Å². The van der Waals surface area contributed by atoms with E-state index in [1.54, 1.807) is 6.20 Å². The molecule has 1 amide bonds. The van der Waals surface area contributed by atoms with Crippen LogP contribution in [0, 0.1) is 5.41 Å². The van der Waals surface area contributed by atoms with Gasteiger partial charge < -0.3 is 4.90 Å². The predicted molar refractivity (Wildman–Crippen MR) is 70.3 cm³/mol. The van der Waals surface area contributed by atoms with Crippen LogP contribution in [0.3, 0.4) is 0 Å². The molecule has 1 aromatic rings. The Bertz CT molecular complexity index is 445. The fourth-order valence-corrected chi connectivity index (χ4v) is 3.62. The van der Waals surface area contributed by atoms with Gasteiger partial charge in [0.15, 0.2) is 0 Å². The van der Waals surface area contributed by atoms with Crippen molar-refractivity contribution in [1.29, 1.82) is 0 Å². The Labute approximate surface area is 108 Å². The van der Waals surface area contributed by atoms with Gasteiger partial charge in [0.1, 0.15) is 5.69 Å². The van der Waals surface area contributed by atoms with E-state index < -0.39 is 0 Å². The minimum Gasteiger partial charge on any atom is -0.334 e. The van der Waals surface area contributed by atoms with Crippen LogP contribution < -0.4 is 0 Å². The molecule has 1 saturated heterocycles. The molecular formula is C15H20N2O. The van der Waals surface area contributed by atoms with E-state index in [0.29, 0.717) is 17.2 Å². The third-order valence-corrected chi connectivity index (χ3v) is 4.72. The standard InChI is InChI=1S/C15H20N2O/c1-15-8-4-2-7-13(15)17(11-9-15)14(18)12-6-3-5-10-16-12/h3,5-6,10,13H,2,4,7-9,11H2,1H3/t13-,15+/m0/s1. The van der Waals surface area contributed by atoms with Crippen LogP contribution in [0.15, 0.2) is 24.4 Å². The summed E-state index contributed by atoms with van der Waals surface area (Å²) in [7, 11) is 0. The Balaban J connectivity index is 1.83. The summed E-state index contributed by atoms with van der Waals surface area (Å²) in [6, 6.07) is 5.99. The monoisotopic (exact) mass is 244 g/mol. The zero-order chi connectivity index (χ0) is 12.6. The van der Waals surface area contributed by atoms with Gasteiger partial charge in [0.05, 0.1) is 0 Å². The molecule has 1 aliphatic carbocycles. The van der Waals surface area contributed by atoms with Gasteiger partial charge in [-0.3, -0.25) is 9.78 Å². The van der Waals surface area contributed by atoms with Crippen molar-refractivity contribution in [1.82, 2.24) is 9.88 Å². The summed E-state index contributed by atoms with van der Waals surface area (Å²) in [5.74, 6) is 0.117. The second kappa shape index (κ2) is 4.38. The van der Waals surface area contributed by atoms with Crippen LogP contribution in [0.5, 0.6) is 0 Å². The lowest BCUT2D eigenvalue weighted by Gasteiger charge is -2.39. The number of nitrogens with zero attached hydrogens (tertiary/aromatic N) is 2. The molecule has 0 bridgehead atoms. The highest BCUT2D eigenvalue weighted by molar-refractivity contribution is 5.92. The van der Waals surface area contributed by atoms with Gasteiger partial charge in [-0.1, -0.05) is 25.8 Å². The quantitative estimate of drug-likeness (QED) is 0.761. The Morgan fingerprint density at radius 1 is 1.39 bits per heavy atom. The highest BCUT2D eigenvalue weighted by Crippen LogP contribution is 2.46. The van der Waals surface area contributed by atoms with Crippen LogP contribution in [0.25, 0.3) is 0 Å². The fraction of sp³-hybridized carbons (Fsp3) is 0.600. The summed E-state index contributed by atoms with van der Waals surface area (Å²) >= 11 is 0. The molecule has 0 aromatic carbocycles. The highest BCUT2D eigenvalue weighted by atomic mass is 16.2. The maximum absolute atomic E-state index is 12.5. The molecule has 3 rings (SSSR count). The van der Waals surface area contributed by atoms with E-state index in [4.69, 9.17) is 0 Å². The number of amides is 1. The minimum absolute atomic E-state index is 0.117. The molecule has 2 atom stereocenters. The van der Waals surface area contributed by atoms with E-state index in [2.05, 4.69) is 16.8 Å². The molecule has 96 valence electrons. The van der Waals surface area contributed by atoms with Crippen LogP contribution in [0.4, 0.5) is 0 Å². The van der Waals surface area contributed by atoms with E-state index in [1.807, 2.05) is 18.2 Å². The maximum atomic E-state index is 12.5. The SMILES string of the molecule is C[C@]12CCCC[C@@H]1N(C(=O)c1ccccn1)CC2. The van der Waals surface area contributed by atoms with E-state index in [9.17, 15) is 4.79 Å². The minimum atomic E-state index is 0.117. The summed E-state index contributed by atoms with van der Waals surface area (Å²) in [4.78, 5) is 18.8. The first-order chi connectivity index (χ1) is 8.71. The van der Waals surface area contributed by atoms with Gasteiger partial charge in [0.25, 0.3) is 5.91 Å². The van der Waals surface area contributed by atoms with Crippen molar-refractivity contribution in [3.63, 3.8) is 0 Å². The number of hydrogen-bond acceptors (Lipinski definition) is 2. The molecule has 0 unspecified atom stereocenters. The van der Waals surface area contributed by atoms with Gasteiger partial charge in [0, 0.05) is 18.8 Å². The van der Waals surface area contributed by atoms with Crippen molar-refractivity contribution in [3.8, 4) is 0 Å². The third-order valence-electron chi connectivity index (χ3n) is 4.72. The van der Waals surface area contributed by atoms with Gasteiger partial charge in [-0.05, 0) is 36.8 Å². The van der Waals surface area contributed by atoms with Crippen molar-refractivity contribution in [3.05, 3.63) is 30.1 Å². The van der Waals surface area contributed by atoms with Crippen molar-refractivity contribution in [2.75, 3.05) is 6.54 Å². The first kappa shape index (κ1) is 11.7. The summed E-state index contributed by atoms with van der Waals surface area (Å²) in [6.45, 7) is 3.25. The highest BCUT2D eigenvalue weighted by Gasteiger charge is 2.46. The Hall–Kier alpha value is -1.38. The van der Waals surface area contributed by atoms with Crippen molar-refractivity contribution >= 4 is 5.91 Å². The van der Waals surface area contributed by atoms with Crippen LogP contribution in [-0.2, 0) is 0 Å². The smallest absolute Gasteiger partial charge is 0.272 e. The molecule has 0 N–H and O–H groups in total. The van der Waals surface area contributed by atoms with Crippen LogP contribution in [-0.4, -0.2) is 28.4 Å². The lowest BCUT2D eigenvalue weighted by Crippen LogP contribution is -2.43. The molecule has 2 fully saturated rings. The second-order valence-electron chi connectivity index (χ2n) is 5.88. The van der Waals surface area contributed by atoms with Crippen molar-refractivity contribution in [2.24, 2.45) is 5.41 Å². The summed E-state index contributed by atoms with van der Waals surface area (Å²) in [5.41, 5.74) is 0.940. The molecule has 2 aliphatic rings. The van der Waals surface area contributed by atoms with E-state index in [1.165, 1.54) is 19.3 Å². The first-order valence-electron chi connectivity index (χ1n) is 6.93. The number of likely N-dealkylation sites (tertiary alicyclic amines) is 1. The molecule has 1 aliphatic heterocycles. The van der Waals surface area contributed by atoms with Gasteiger partial charge >= 0.3 is 0 Å². The number of fused-ring (bicyclic) bond motifs is 1. The Kier molecular flexibility index (Phi) is 2.84. The Morgan fingerprint density at radius 2 is 2.28 bits per heavy atom. The molecule has 0 spiro atoms. The lowest BCUT2D eigenvalue weighted by molar-refractivity contribution is 0.0602. The van der Waals surface area contributed by atoms with Crippen molar-refractivity contribution < 1.29 is 4.79 Å². The number of carbonyl (C=O) groups excluding carboxylic acids is 1. The average Bonchev–Trinajstić information content (AvgIpc) is 2.76. The van der Waals surface area contributed by atoms with Gasteiger partial charge in [-0.2, -0.15) is 0 Å². The topological polar surface area (TPSA) is 33.2 Å². The molecule has 0 radical (unpaired) electrons. The molecule has 18 heavy (non-hydrogen) atoms. The Morgan fingerprint density at radius 3 is 3.06 bits per heavy atom. The number of hydrogen-bond donors (Lipinski definition) is 0. The van der Waals surface area contributed by atoms with Crippen LogP contribution in [0.1, 0.15) is 49.5 Å². The number of carbonyl (C=O) groups is 1. The molecule has 1 aromatic heterocycles. The number of pyridine rings is 1. The van der Waals surface area contributed by atoms with Crippen molar-refractivity contribution in [2.45, 2.75) is 45.1 Å². The second-order valence-corrected chi connectivity index (χ2v) is 5.88. The lowest BCUT2D eigenvalue weighted by atomic mass is 9.72. The van der Waals surface area contributed by atoms with E-state index in [-0.39, 0.29) is 5.91 Å². The largest absolute Gasteiger partial charge is 0.334 e. The molecular weight excluding hydrogens is 224 g/mol. The molecule has 1 saturated carbocycles. The van der Waals surface area contributed by atoms with E-state index in [0.717, 1.165) is 19.4 Å². The third kappa shape index (κ3) is 1.82.